The first-order valence-corrected chi connectivity index (χ1v) is 12.2. The molecule has 2 saturated heterocycles. The summed E-state index contributed by atoms with van der Waals surface area (Å²) >= 11 is 1.86. The van der Waals surface area contributed by atoms with Crippen LogP contribution in [-0.4, -0.2) is 100 Å². The van der Waals surface area contributed by atoms with Gasteiger partial charge < -0.3 is 40.6 Å². The third kappa shape index (κ3) is 11.3. The maximum atomic E-state index is 11.9. The van der Waals surface area contributed by atoms with Crippen LogP contribution in [0.15, 0.2) is 0 Å². The van der Waals surface area contributed by atoms with Gasteiger partial charge in [0.15, 0.2) is 0 Å². The minimum atomic E-state index is -0.379. The van der Waals surface area contributed by atoms with Gasteiger partial charge in [-0.05, 0) is 12.8 Å². The quantitative estimate of drug-likeness (QED) is 0.142. The van der Waals surface area contributed by atoms with Crippen molar-refractivity contribution in [3.05, 3.63) is 0 Å². The van der Waals surface area contributed by atoms with Crippen LogP contribution in [0.5, 0.6) is 0 Å². The molecular weight excluding hydrogens is 440 g/mol. The minimum absolute atomic E-state index is 0.0220. The molecule has 32 heavy (non-hydrogen) atoms. The third-order valence-corrected chi connectivity index (χ3v) is 6.52. The zero-order valence-corrected chi connectivity index (χ0v) is 19.3. The zero-order chi connectivity index (χ0) is 23.0. The van der Waals surface area contributed by atoms with Gasteiger partial charge in [0.05, 0.1) is 64.9 Å². The molecule has 0 saturated carbocycles. The van der Waals surface area contributed by atoms with E-state index < -0.39 is 0 Å². The lowest BCUT2D eigenvalue weighted by molar-refractivity contribution is -0.121. The van der Waals surface area contributed by atoms with Crippen LogP contribution in [0.2, 0.25) is 0 Å². The highest BCUT2D eigenvalue weighted by atomic mass is 32.2. The number of nitrogens with one attached hydrogen (secondary N) is 3. The Morgan fingerprint density at radius 3 is 2.22 bits per heavy atom. The number of thioether (sulfide) groups is 1. The molecule has 2 rings (SSSR count). The number of rotatable bonds is 19. The fourth-order valence-corrected chi connectivity index (χ4v) is 4.94. The standard InChI is InChI=1S/C20H36N4O7S/c21-17(25)4-6-28-8-10-30-12-13-31-11-9-29-7-5-22-18(26)3-1-2-16-19-15(14-32-16)23-20(27)24-19/h15-16,19H,1-14H2,(H2,21,25)(H,22,26)(H2,23,24,27)/t15-,16?,19-/m0/s1. The zero-order valence-electron chi connectivity index (χ0n) is 18.5. The summed E-state index contributed by atoms with van der Waals surface area (Å²) in [4.78, 5) is 33.8. The van der Waals surface area contributed by atoms with Crippen molar-refractivity contribution in [2.75, 3.05) is 65.2 Å². The summed E-state index contributed by atoms with van der Waals surface area (Å²) in [5.41, 5.74) is 5.00. The first-order valence-electron chi connectivity index (χ1n) is 11.1. The number of hydrogen-bond donors (Lipinski definition) is 4. The monoisotopic (exact) mass is 476 g/mol. The van der Waals surface area contributed by atoms with Gasteiger partial charge in [-0.2, -0.15) is 11.8 Å². The number of nitrogens with two attached hydrogens (primary N) is 1. The van der Waals surface area contributed by atoms with Crippen LogP contribution in [0.4, 0.5) is 4.79 Å². The molecular formula is C20H36N4O7S. The van der Waals surface area contributed by atoms with Crippen molar-refractivity contribution in [3.63, 3.8) is 0 Å². The maximum absolute atomic E-state index is 11.9. The molecule has 12 heteroatoms. The molecule has 0 aliphatic carbocycles. The van der Waals surface area contributed by atoms with Crippen LogP contribution in [-0.2, 0) is 28.5 Å². The van der Waals surface area contributed by atoms with E-state index in [1.165, 1.54) is 0 Å². The average Bonchev–Trinajstić information content (AvgIpc) is 3.30. The van der Waals surface area contributed by atoms with E-state index in [0.717, 1.165) is 18.6 Å². The lowest BCUT2D eigenvalue weighted by atomic mass is 10.0. The second-order valence-corrected chi connectivity index (χ2v) is 8.80. The predicted octanol–water partition coefficient (Wildman–Crippen LogP) is -0.620. The summed E-state index contributed by atoms with van der Waals surface area (Å²) < 4.78 is 21.3. The lowest BCUT2D eigenvalue weighted by Gasteiger charge is -2.16. The smallest absolute Gasteiger partial charge is 0.315 e. The summed E-state index contributed by atoms with van der Waals surface area (Å²) in [6.07, 6.45) is 2.42. The molecule has 0 radical (unpaired) electrons. The molecule has 184 valence electrons. The molecule has 0 aromatic heterocycles. The van der Waals surface area contributed by atoms with E-state index in [1.54, 1.807) is 0 Å². The molecule has 2 aliphatic rings. The van der Waals surface area contributed by atoms with E-state index in [1.807, 2.05) is 11.8 Å². The Kier molecular flexibility index (Phi) is 13.4. The summed E-state index contributed by atoms with van der Waals surface area (Å²) in [5.74, 6) is 0.577. The average molecular weight is 477 g/mol. The highest BCUT2D eigenvalue weighted by molar-refractivity contribution is 8.00. The van der Waals surface area contributed by atoms with Crippen molar-refractivity contribution in [3.8, 4) is 0 Å². The van der Waals surface area contributed by atoms with Crippen molar-refractivity contribution in [2.24, 2.45) is 5.73 Å². The van der Waals surface area contributed by atoms with Crippen LogP contribution in [0.25, 0.3) is 0 Å². The number of carbonyl (C=O) groups is 3. The van der Waals surface area contributed by atoms with Crippen LogP contribution >= 0.6 is 11.8 Å². The molecule has 0 aromatic rings. The SMILES string of the molecule is NC(=O)CCOCCOCCOCCOCCNC(=O)CCCC1SC[C@@H]2NC(=O)N[C@H]12. The van der Waals surface area contributed by atoms with Gasteiger partial charge in [0.2, 0.25) is 11.8 Å². The summed E-state index contributed by atoms with van der Waals surface area (Å²) in [6, 6.07) is 0.327. The molecule has 0 aromatic carbocycles. The highest BCUT2D eigenvalue weighted by Crippen LogP contribution is 2.32. The molecule has 5 N–H and O–H groups in total. The van der Waals surface area contributed by atoms with Gasteiger partial charge in [-0.1, -0.05) is 0 Å². The maximum Gasteiger partial charge on any atom is 0.315 e. The van der Waals surface area contributed by atoms with Gasteiger partial charge in [-0.15, -0.1) is 0 Å². The van der Waals surface area contributed by atoms with Crippen LogP contribution in [0.1, 0.15) is 25.7 Å². The molecule has 2 fully saturated rings. The second kappa shape index (κ2) is 16.1. The van der Waals surface area contributed by atoms with E-state index in [0.29, 0.717) is 71.1 Å². The Hall–Kier alpha value is -1.60. The molecule has 3 atom stereocenters. The number of urea groups is 1. The topological polar surface area (TPSA) is 150 Å². The predicted molar refractivity (Wildman–Crippen MR) is 119 cm³/mol. The van der Waals surface area contributed by atoms with Crippen molar-refractivity contribution in [1.29, 1.82) is 0 Å². The Morgan fingerprint density at radius 1 is 0.938 bits per heavy atom. The number of hydrogen-bond acceptors (Lipinski definition) is 8. The van der Waals surface area contributed by atoms with Crippen molar-refractivity contribution < 1.29 is 33.3 Å². The van der Waals surface area contributed by atoms with Gasteiger partial charge in [0.1, 0.15) is 0 Å². The highest BCUT2D eigenvalue weighted by Gasteiger charge is 2.42. The van der Waals surface area contributed by atoms with Crippen molar-refractivity contribution in [1.82, 2.24) is 16.0 Å². The third-order valence-electron chi connectivity index (χ3n) is 5.01. The second-order valence-electron chi connectivity index (χ2n) is 7.53. The van der Waals surface area contributed by atoms with Crippen LogP contribution < -0.4 is 21.7 Å². The number of carbonyl (C=O) groups excluding carboxylic acids is 3. The van der Waals surface area contributed by atoms with Crippen molar-refractivity contribution in [2.45, 2.75) is 43.0 Å². The van der Waals surface area contributed by atoms with E-state index in [-0.39, 0.29) is 36.3 Å². The van der Waals surface area contributed by atoms with Crippen LogP contribution in [0.3, 0.4) is 0 Å². The van der Waals surface area contributed by atoms with Gasteiger partial charge in [-0.3, -0.25) is 9.59 Å². The Labute approximate surface area is 193 Å². The molecule has 0 spiro atoms. The van der Waals surface area contributed by atoms with E-state index in [2.05, 4.69) is 16.0 Å². The lowest BCUT2D eigenvalue weighted by Crippen LogP contribution is -2.37. The van der Waals surface area contributed by atoms with E-state index in [9.17, 15) is 14.4 Å². The van der Waals surface area contributed by atoms with Crippen molar-refractivity contribution >= 4 is 29.6 Å². The van der Waals surface area contributed by atoms with E-state index >= 15 is 0 Å². The number of primary amides is 1. The number of fused-ring (bicyclic) bond motifs is 1. The fourth-order valence-electron chi connectivity index (χ4n) is 3.39. The van der Waals surface area contributed by atoms with Gasteiger partial charge in [-0.25, -0.2) is 4.79 Å². The molecule has 11 nitrogen and oxygen atoms in total. The summed E-state index contributed by atoms with van der Waals surface area (Å²) in [7, 11) is 0. The van der Waals surface area contributed by atoms with Gasteiger partial charge in [0.25, 0.3) is 0 Å². The Balaban J connectivity index is 1.29. The Morgan fingerprint density at radius 2 is 1.56 bits per heavy atom. The molecule has 1 unspecified atom stereocenters. The summed E-state index contributed by atoms with van der Waals surface area (Å²) in [6.45, 7) is 3.90. The Bertz CT molecular complexity index is 584. The van der Waals surface area contributed by atoms with Crippen LogP contribution in [0, 0.1) is 0 Å². The largest absolute Gasteiger partial charge is 0.379 e. The summed E-state index contributed by atoms with van der Waals surface area (Å²) in [5, 5.41) is 9.12. The first-order chi connectivity index (χ1) is 15.6. The normalized spacial score (nSPS) is 21.8. The molecule has 0 bridgehead atoms. The number of amides is 4. The first kappa shape index (κ1) is 26.7. The molecule has 4 amide bonds. The van der Waals surface area contributed by atoms with E-state index in [4.69, 9.17) is 24.7 Å². The molecule has 2 aliphatic heterocycles. The minimum Gasteiger partial charge on any atom is -0.379 e. The molecule has 2 heterocycles. The number of ether oxygens (including phenoxy) is 4. The fraction of sp³-hybridized carbons (Fsp3) is 0.850. The van der Waals surface area contributed by atoms with Gasteiger partial charge >= 0.3 is 6.03 Å². The van der Waals surface area contributed by atoms with Gasteiger partial charge in [0, 0.05) is 30.4 Å².